The number of rotatable bonds is 13. The second-order valence-electron chi connectivity index (χ2n) is 6.78. The minimum atomic E-state index is 0. The highest BCUT2D eigenvalue weighted by atomic mass is 127. The van der Waals surface area contributed by atoms with Crippen molar-refractivity contribution in [3.8, 4) is 0 Å². The average molecular weight is 503 g/mol. The van der Waals surface area contributed by atoms with E-state index in [1.165, 1.54) is 0 Å². The average Bonchev–Trinajstić information content (AvgIpc) is 3.09. The number of guanidine groups is 1. The summed E-state index contributed by atoms with van der Waals surface area (Å²) in [6, 6.07) is 0.334. The first kappa shape index (κ1) is 26.6. The van der Waals surface area contributed by atoms with Crippen LogP contribution in [0.15, 0.2) is 36.6 Å². The smallest absolute Gasteiger partial charge is 0.191 e. The molecule has 0 aromatic carbocycles. The van der Waals surface area contributed by atoms with Gasteiger partial charge in [0.1, 0.15) is 12.2 Å². The molecule has 1 unspecified atom stereocenters. The predicted octanol–water partition coefficient (Wildman–Crippen LogP) is 2.71. The standard InChI is InChI=1S/C20H37N7.HI/c1-7-12-26(13-8-2)18(17(5)6)15-23-20(21-10-4)22-11-14-27-16-24-25-19(27)9-3;/h7-8,16-18H,1-2,9-15H2,3-6H3,(H2,21,22,23);1H. The number of aliphatic imine (C=N–C) groups is 1. The van der Waals surface area contributed by atoms with Gasteiger partial charge in [0, 0.05) is 45.2 Å². The third kappa shape index (κ3) is 9.18. The largest absolute Gasteiger partial charge is 0.357 e. The van der Waals surface area contributed by atoms with Gasteiger partial charge in [0.25, 0.3) is 0 Å². The minimum Gasteiger partial charge on any atom is -0.357 e. The van der Waals surface area contributed by atoms with Crippen molar-refractivity contribution in [1.29, 1.82) is 0 Å². The molecule has 0 amide bonds. The third-order valence-corrected chi connectivity index (χ3v) is 4.40. The van der Waals surface area contributed by atoms with Crippen LogP contribution in [0, 0.1) is 5.92 Å². The van der Waals surface area contributed by atoms with E-state index < -0.39 is 0 Å². The lowest BCUT2D eigenvalue weighted by molar-refractivity contribution is 0.195. The van der Waals surface area contributed by atoms with E-state index in [4.69, 9.17) is 4.99 Å². The summed E-state index contributed by atoms with van der Waals surface area (Å²) in [7, 11) is 0. The Morgan fingerprint density at radius 2 is 1.93 bits per heavy atom. The van der Waals surface area contributed by atoms with Crippen molar-refractivity contribution >= 4 is 29.9 Å². The van der Waals surface area contributed by atoms with Crippen molar-refractivity contribution in [1.82, 2.24) is 30.3 Å². The Labute approximate surface area is 187 Å². The molecule has 0 saturated heterocycles. The van der Waals surface area contributed by atoms with Gasteiger partial charge in [0.2, 0.25) is 0 Å². The Balaban J connectivity index is 0.00000729. The Morgan fingerprint density at radius 3 is 2.46 bits per heavy atom. The summed E-state index contributed by atoms with van der Waals surface area (Å²) in [5, 5.41) is 14.8. The van der Waals surface area contributed by atoms with Crippen LogP contribution in [-0.2, 0) is 13.0 Å². The number of nitrogens with one attached hydrogen (secondary N) is 2. The van der Waals surface area contributed by atoms with Crippen LogP contribution >= 0.6 is 24.0 Å². The van der Waals surface area contributed by atoms with Crippen LogP contribution < -0.4 is 10.6 Å². The van der Waals surface area contributed by atoms with E-state index in [9.17, 15) is 0 Å². The van der Waals surface area contributed by atoms with Crippen molar-refractivity contribution in [2.24, 2.45) is 10.9 Å². The van der Waals surface area contributed by atoms with Gasteiger partial charge in [0.15, 0.2) is 5.96 Å². The molecule has 0 fully saturated rings. The Morgan fingerprint density at radius 1 is 1.25 bits per heavy atom. The lowest BCUT2D eigenvalue weighted by Crippen LogP contribution is -2.44. The molecule has 8 heteroatoms. The number of hydrogen-bond acceptors (Lipinski definition) is 4. The molecule has 1 heterocycles. The monoisotopic (exact) mass is 503 g/mol. The van der Waals surface area contributed by atoms with Crippen molar-refractivity contribution < 1.29 is 0 Å². The van der Waals surface area contributed by atoms with E-state index in [0.717, 1.165) is 57.5 Å². The van der Waals surface area contributed by atoms with Crippen molar-refractivity contribution in [3.63, 3.8) is 0 Å². The van der Waals surface area contributed by atoms with Crippen LogP contribution in [0.1, 0.15) is 33.5 Å². The summed E-state index contributed by atoms with van der Waals surface area (Å²) in [6.45, 7) is 21.2. The van der Waals surface area contributed by atoms with E-state index in [2.05, 4.69) is 71.2 Å². The summed E-state index contributed by atoms with van der Waals surface area (Å²) in [6.07, 6.45) is 6.54. The normalized spacial score (nSPS) is 12.6. The Bertz CT molecular complexity index is 573. The molecule has 1 aromatic heterocycles. The second-order valence-corrected chi connectivity index (χ2v) is 6.78. The minimum absolute atomic E-state index is 0. The van der Waals surface area contributed by atoms with Gasteiger partial charge < -0.3 is 15.2 Å². The molecule has 0 aliphatic carbocycles. The molecule has 0 bridgehead atoms. The van der Waals surface area contributed by atoms with Crippen LogP contribution in [0.2, 0.25) is 0 Å². The van der Waals surface area contributed by atoms with Crippen molar-refractivity contribution in [3.05, 3.63) is 37.5 Å². The molecular weight excluding hydrogens is 465 g/mol. The fourth-order valence-corrected chi connectivity index (χ4v) is 2.99. The SMILES string of the molecule is C=CCN(CC=C)C(CN=C(NCC)NCCn1cnnc1CC)C(C)C.I. The van der Waals surface area contributed by atoms with Gasteiger partial charge in [-0.3, -0.25) is 9.89 Å². The summed E-state index contributed by atoms with van der Waals surface area (Å²) < 4.78 is 2.07. The molecule has 1 rings (SSSR count). The molecule has 0 aliphatic heterocycles. The molecule has 160 valence electrons. The maximum atomic E-state index is 4.83. The summed E-state index contributed by atoms with van der Waals surface area (Å²) in [4.78, 5) is 7.19. The lowest BCUT2D eigenvalue weighted by atomic mass is 10.0. The molecule has 28 heavy (non-hydrogen) atoms. The van der Waals surface area contributed by atoms with Gasteiger partial charge in [-0.05, 0) is 12.8 Å². The molecule has 0 spiro atoms. The van der Waals surface area contributed by atoms with Crippen molar-refractivity contribution in [2.45, 2.75) is 46.7 Å². The molecule has 2 N–H and O–H groups in total. The van der Waals surface area contributed by atoms with Gasteiger partial charge in [-0.15, -0.1) is 47.3 Å². The van der Waals surface area contributed by atoms with Crippen molar-refractivity contribution in [2.75, 3.05) is 32.7 Å². The first-order chi connectivity index (χ1) is 13.1. The zero-order chi connectivity index (χ0) is 20.1. The second kappa shape index (κ2) is 15.5. The summed E-state index contributed by atoms with van der Waals surface area (Å²) in [5.41, 5.74) is 0. The van der Waals surface area contributed by atoms with Crippen LogP contribution in [0.3, 0.4) is 0 Å². The van der Waals surface area contributed by atoms with Crippen LogP contribution in [-0.4, -0.2) is 64.4 Å². The van der Waals surface area contributed by atoms with Gasteiger partial charge in [-0.2, -0.15) is 0 Å². The first-order valence-electron chi connectivity index (χ1n) is 9.91. The number of nitrogens with zero attached hydrogens (tertiary/aromatic N) is 5. The quantitative estimate of drug-likeness (QED) is 0.188. The molecular formula is C20H38IN7. The number of aromatic nitrogens is 3. The van der Waals surface area contributed by atoms with E-state index in [1.54, 1.807) is 6.33 Å². The summed E-state index contributed by atoms with van der Waals surface area (Å²) >= 11 is 0. The maximum absolute atomic E-state index is 4.83. The molecule has 1 aromatic rings. The van der Waals surface area contributed by atoms with E-state index >= 15 is 0 Å². The third-order valence-electron chi connectivity index (χ3n) is 4.40. The Kier molecular flexibility index (Phi) is 14.7. The van der Waals surface area contributed by atoms with E-state index in [1.807, 2.05) is 12.2 Å². The number of hydrogen-bond donors (Lipinski definition) is 2. The highest BCUT2D eigenvalue weighted by Gasteiger charge is 2.20. The molecule has 0 saturated carbocycles. The molecule has 7 nitrogen and oxygen atoms in total. The molecule has 0 aliphatic rings. The molecule has 0 radical (unpaired) electrons. The summed E-state index contributed by atoms with van der Waals surface area (Å²) in [5.74, 6) is 2.33. The van der Waals surface area contributed by atoms with Gasteiger partial charge in [-0.25, -0.2) is 0 Å². The maximum Gasteiger partial charge on any atom is 0.191 e. The van der Waals surface area contributed by atoms with E-state index in [0.29, 0.717) is 12.0 Å². The zero-order valence-electron chi connectivity index (χ0n) is 17.9. The topological polar surface area (TPSA) is 70.4 Å². The zero-order valence-corrected chi connectivity index (χ0v) is 20.2. The van der Waals surface area contributed by atoms with Crippen LogP contribution in [0.4, 0.5) is 0 Å². The van der Waals surface area contributed by atoms with E-state index in [-0.39, 0.29) is 24.0 Å². The van der Waals surface area contributed by atoms with Crippen LogP contribution in [0.25, 0.3) is 0 Å². The highest BCUT2D eigenvalue weighted by molar-refractivity contribution is 14.0. The lowest BCUT2D eigenvalue weighted by Gasteiger charge is -2.32. The fourth-order valence-electron chi connectivity index (χ4n) is 2.99. The Hall–Kier alpha value is -1.42. The first-order valence-corrected chi connectivity index (χ1v) is 9.91. The van der Waals surface area contributed by atoms with Gasteiger partial charge in [-0.1, -0.05) is 32.9 Å². The fraction of sp³-hybridized carbons (Fsp3) is 0.650. The van der Waals surface area contributed by atoms with Gasteiger partial charge in [0.05, 0.1) is 6.54 Å². The number of halogens is 1. The predicted molar refractivity (Wildman–Crippen MR) is 129 cm³/mol. The molecule has 1 atom stereocenters. The van der Waals surface area contributed by atoms with Crippen LogP contribution in [0.5, 0.6) is 0 Å². The number of aryl methyl sites for hydroxylation is 1. The van der Waals surface area contributed by atoms with Gasteiger partial charge >= 0.3 is 0 Å². The highest BCUT2D eigenvalue weighted by Crippen LogP contribution is 2.11.